The van der Waals surface area contributed by atoms with Gasteiger partial charge in [-0.1, -0.05) is 24.3 Å². The van der Waals surface area contributed by atoms with Gasteiger partial charge in [0.2, 0.25) is 10.0 Å². The highest BCUT2D eigenvalue weighted by Gasteiger charge is 2.31. The van der Waals surface area contributed by atoms with Gasteiger partial charge in [0.1, 0.15) is 0 Å². The first-order valence-electron chi connectivity index (χ1n) is 6.94. The molecule has 0 spiro atoms. The van der Waals surface area contributed by atoms with Gasteiger partial charge >= 0.3 is 0 Å². The summed E-state index contributed by atoms with van der Waals surface area (Å²) in [5.41, 5.74) is 2.64. The van der Waals surface area contributed by atoms with E-state index < -0.39 is 10.0 Å². The van der Waals surface area contributed by atoms with Crippen LogP contribution in [0.15, 0.2) is 24.3 Å². The third-order valence-electron chi connectivity index (χ3n) is 4.13. The zero-order chi connectivity index (χ0) is 13.3. The number of fused-ring (bicyclic) bond motifs is 1. The molecule has 2 unspecified atom stereocenters. The zero-order valence-electron chi connectivity index (χ0n) is 10.9. The predicted octanol–water partition coefficient (Wildman–Crippen LogP) is 0.825. The average molecular weight is 280 g/mol. The Morgan fingerprint density at radius 3 is 2.68 bits per heavy atom. The molecule has 1 aliphatic carbocycles. The highest BCUT2D eigenvalue weighted by Crippen LogP contribution is 2.22. The second kappa shape index (κ2) is 5.23. The molecule has 19 heavy (non-hydrogen) atoms. The number of benzene rings is 1. The molecule has 2 N–H and O–H groups in total. The van der Waals surface area contributed by atoms with E-state index in [2.05, 4.69) is 22.2 Å². The maximum absolute atomic E-state index is 12.3. The third kappa shape index (κ3) is 2.83. The topological polar surface area (TPSA) is 58.2 Å². The molecule has 0 amide bonds. The van der Waals surface area contributed by atoms with E-state index in [-0.39, 0.29) is 11.3 Å². The first kappa shape index (κ1) is 13.1. The molecule has 0 saturated carbocycles. The Bertz CT molecular complexity index is 550. The van der Waals surface area contributed by atoms with E-state index in [1.807, 2.05) is 12.1 Å². The van der Waals surface area contributed by atoms with Crippen molar-refractivity contribution >= 4 is 10.0 Å². The van der Waals surface area contributed by atoms with Crippen molar-refractivity contribution in [1.82, 2.24) is 10.0 Å². The van der Waals surface area contributed by atoms with Crippen molar-refractivity contribution in [3.05, 3.63) is 35.4 Å². The Kier molecular flexibility index (Phi) is 3.60. The summed E-state index contributed by atoms with van der Waals surface area (Å²) in [6, 6.07) is 8.37. The number of hydrogen-bond acceptors (Lipinski definition) is 3. The van der Waals surface area contributed by atoms with Crippen LogP contribution in [0.1, 0.15) is 24.0 Å². The van der Waals surface area contributed by atoms with E-state index in [4.69, 9.17) is 0 Å². The van der Waals surface area contributed by atoms with Crippen molar-refractivity contribution < 1.29 is 8.42 Å². The van der Waals surface area contributed by atoms with Crippen molar-refractivity contribution in [3.8, 4) is 0 Å². The van der Waals surface area contributed by atoms with E-state index in [1.54, 1.807) is 0 Å². The van der Waals surface area contributed by atoms with Crippen LogP contribution in [-0.2, 0) is 22.9 Å². The Morgan fingerprint density at radius 2 is 1.95 bits per heavy atom. The highest BCUT2D eigenvalue weighted by atomic mass is 32.2. The van der Waals surface area contributed by atoms with Crippen LogP contribution in [0, 0.1) is 0 Å². The lowest BCUT2D eigenvalue weighted by atomic mass is 9.89. The number of nitrogens with one attached hydrogen (secondary N) is 2. The van der Waals surface area contributed by atoms with Gasteiger partial charge in [0, 0.05) is 12.6 Å². The van der Waals surface area contributed by atoms with Crippen molar-refractivity contribution in [2.24, 2.45) is 0 Å². The molecule has 1 heterocycles. The fraction of sp³-hybridized carbons (Fsp3) is 0.571. The second-order valence-corrected chi connectivity index (χ2v) is 7.48. The van der Waals surface area contributed by atoms with Crippen molar-refractivity contribution in [2.75, 3.05) is 13.1 Å². The molecular formula is C14H20N2O2S. The number of aryl methyl sites for hydroxylation is 1. The molecule has 104 valence electrons. The molecule has 2 aliphatic rings. The third-order valence-corrected chi connectivity index (χ3v) is 6.07. The average Bonchev–Trinajstić information content (AvgIpc) is 2.93. The van der Waals surface area contributed by atoms with Gasteiger partial charge in [0.05, 0.1) is 5.25 Å². The Hall–Kier alpha value is -0.910. The first-order valence-corrected chi connectivity index (χ1v) is 8.48. The van der Waals surface area contributed by atoms with Crippen LogP contribution in [-0.4, -0.2) is 32.8 Å². The summed E-state index contributed by atoms with van der Waals surface area (Å²) in [4.78, 5) is 0. The first-order chi connectivity index (χ1) is 9.15. The van der Waals surface area contributed by atoms with Gasteiger partial charge in [0.15, 0.2) is 0 Å². The van der Waals surface area contributed by atoms with Gasteiger partial charge in [-0.05, 0) is 43.4 Å². The van der Waals surface area contributed by atoms with E-state index in [0.717, 1.165) is 32.2 Å². The van der Waals surface area contributed by atoms with Crippen LogP contribution in [0.5, 0.6) is 0 Å². The smallest absolute Gasteiger partial charge is 0.216 e. The van der Waals surface area contributed by atoms with Gasteiger partial charge in [-0.15, -0.1) is 0 Å². The summed E-state index contributed by atoms with van der Waals surface area (Å²) in [7, 11) is -3.17. The van der Waals surface area contributed by atoms with Gasteiger partial charge < -0.3 is 5.32 Å². The van der Waals surface area contributed by atoms with Gasteiger partial charge in [-0.2, -0.15) is 0 Å². The van der Waals surface area contributed by atoms with E-state index in [0.29, 0.717) is 6.54 Å². The minimum Gasteiger partial charge on any atom is -0.315 e. The van der Waals surface area contributed by atoms with Crippen LogP contribution in [0.3, 0.4) is 0 Å². The molecule has 0 bridgehead atoms. The normalized spacial score (nSPS) is 27.2. The lowest BCUT2D eigenvalue weighted by molar-refractivity contribution is 0.501. The fourth-order valence-corrected chi connectivity index (χ4v) is 4.64. The molecule has 1 aliphatic heterocycles. The van der Waals surface area contributed by atoms with Crippen LogP contribution in [0.2, 0.25) is 0 Å². The lowest BCUT2D eigenvalue weighted by Crippen LogP contribution is -2.44. The Balaban J connectivity index is 1.69. The van der Waals surface area contributed by atoms with Gasteiger partial charge in [-0.3, -0.25) is 0 Å². The van der Waals surface area contributed by atoms with E-state index in [1.165, 1.54) is 11.1 Å². The molecule has 1 aromatic rings. The molecule has 3 rings (SSSR count). The molecule has 4 nitrogen and oxygen atoms in total. The minimum atomic E-state index is -3.17. The molecule has 1 saturated heterocycles. The summed E-state index contributed by atoms with van der Waals surface area (Å²) < 4.78 is 27.4. The standard InChI is InChI=1S/C14H20N2O2S/c17-19(18,14-7-8-15-10-14)16-13-6-5-11-3-1-2-4-12(11)9-13/h1-4,13-16H,5-10H2. The van der Waals surface area contributed by atoms with Crippen molar-refractivity contribution in [1.29, 1.82) is 0 Å². The minimum absolute atomic E-state index is 0.0560. The lowest BCUT2D eigenvalue weighted by Gasteiger charge is -2.26. The Labute approximate surface area is 114 Å². The van der Waals surface area contributed by atoms with Crippen LogP contribution in [0.25, 0.3) is 0 Å². The fourth-order valence-electron chi connectivity index (χ4n) is 3.02. The molecule has 2 atom stereocenters. The second-order valence-electron chi connectivity index (χ2n) is 5.49. The number of hydrogen-bond donors (Lipinski definition) is 2. The van der Waals surface area contributed by atoms with Gasteiger partial charge in [-0.25, -0.2) is 13.1 Å². The molecule has 0 radical (unpaired) electrons. The highest BCUT2D eigenvalue weighted by molar-refractivity contribution is 7.90. The molecule has 0 aromatic heterocycles. The predicted molar refractivity (Wildman–Crippen MR) is 75.6 cm³/mol. The molecule has 1 fully saturated rings. The maximum atomic E-state index is 12.3. The summed E-state index contributed by atoms with van der Waals surface area (Å²) in [6.45, 7) is 1.39. The zero-order valence-corrected chi connectivity index (χ0v) is 11.7. The molecule has 1 aromatic carbocycles. The Morgan fingerprint density at radius 1 is 1.16 bits per heavy atom. The van der Waals surface area contributed by atoms with Crippen LogP contribution in [0.4, 0.5) is 0 Å². The summed E-state index contributed by atoms with van der Waals surface area (Å²) in [5, 5.41) is 2.85. The van der Waals surface area contributed by atoms with Gasteiger partial charge in [0.25, 0.3) is 0 Å². The number of sulfonamides is 1. The maximum Gasteiger partial charge on any atom is 0.216 e. The monoisotopic (exact) mass is 280 g/mol. The van der Waals surface area contributed by atoms with Crippen molar-refractivity contribution in [2.45, 2.75) is 37.0 Å². The summed E-state index contributed by atoms with van der Waals surface area (Å²) in [6.07, 6.45) is 3.40. The quantitative estimate of drug-likeness (QED) is 0.862. The molecule has 5 heteroatoms. The SMILES string of the molecule is O=S(=O)(NC1CCc2ccccc2C1)C1CCNC1. The van der Waals surface area contributed by atoms with E-state index >= 15 is 0 Å². The summed E-state index contributed by atoms with van der Waals surface area (Å²) >= 11 is 0. The summed E-state index contributed by atoms with van der Waals surface area (Å²) in [5.74, 6) is 0. The van der Waals surface area contributed by atoms with Crippen molar-refractivity contribution in [3.63, 3.8) is 0 Å². The largest absolute Gasteiger partial charge is 0.315 e. The van der Waals surface area contributed by atoms with E-state index in [9.17, 15) is 8.42 Å². The van der Waals surface area contributed by atoms with Crippen LogP contribution < -0.4 is 10.0 Å². The van der Waals surface area contributed by atoms with Crippen LogP contribution >= 0.6 is 0 Å². The number of rotatable bonds is 3. The molecular weight excluding hydrogens is 260 g/mol.